The Morgan fingerprint density at radius 2 is 1.97 bits per heavy atom. The summed E-state index contributed by atoms with van der Waals surface area (Å²) >= 11 is 0. The molecular weight excluding hydrogens is 483 g/mol. The van der Waals surface area contributed by atoms with Crippen LogP contribution in [0.4, 0.5) is 4.79 Å². The van der Waals surface area contributed by atoms with Crippen LogP contribution >= 0.6 is 24.0 Å². The number of hydrogen-bond acceptors (Lipinski definition) is 4. The molecule has 8 heteroatoms. The van der Waals surface area contributed by atoms with E-state index in [0.717, 1.165) is 24.3 Å². The van der Waals surface area contributed by atoms with Gasteiger partial charge in [0, 0.05) is 25.1 Å². The van der Waals surface area contributed by atoms with Crippen LogP contribution in [-0.2, 0) is 4.74 Å². The molecule has 0 radical (unpaired) electrons. The van der Waals surface area contributed by atoms with Crippen molar-refractivity contribution in [3.63, 3.8) is 0 Å². The van der Waals surface area contributed by atoms with Gasteiger partial charge in [-0.15, -0.1) is 24.0 Å². The zero-order valence-electron chi connectivity index (χ0n) is 18.3. The van der Waals surface area contributed by atoms with Gasteiger partial charge in [-0.1, -0.05) is 18.2 Å². The van der Waals surface area contributed by atoms with Crippen LogP contribution < -0.4 is 20.7 Å². The van der Waals surface area contributed by atoms with Crippen molar-refractivity contribution in [3.8, 4) is 5.75 Å². The summed E-state index contributed by atoms with van der Waals surface area (Å²) in [5.41, 5.74) is 0.355. The summed E-state index contributed by atoms with van der Waals surface area (Å²) in [6, 6.07) is 8.18. The summed E-state index contributed by atoms with van der Waals surface area (Å²) in [6.45, 7) is 13.3. The molecule has 0 spiro atoms. The van der Waals surface area contributed by atoms with E-state index >= 15 is 0 Å². The highest BCUT2D eigenvalue weighted by atomic mass is 127. The average Bonchev–Trinajstić information content (AvgIpc) is 2.56. The van der Waals surface area contributed by atoms with Crippen LogP contribution in [0.15, 0.2) is 29.3 Å². The second-order valence-electron chi connectivity index (χ2n) is 8.49. The van der Waals surface area contributed by atoms with Crippen molar-refractivity contribution >= 4 is 36.0 Å². The molecule has 1 unspecified atom stereocenters. The van der Waals surface area contributed by atoms with E-state index < -0.39 is 11.7 Å². The van der Waals surface area contributed by atoms with Crippen molar-refractivity contribution in [1.82, 2.24) is 16.0 Å². The zero-order valence-corrected chi connectivity index (χ0v) is 20.6. The number of amides is 1. The number of fused-ring (bicyclic) bond motifs is 1. The number of nitrogens with zero attached hydrogens (tertiary/aromatic N) is 1. The number of rotatable bonds is 5. The summed E-state index contributed by atoms with van der Waals surface area (Å²) in [7, 11) is 0. The van der Waals surface area contributed by atoms with Crippen molar-refractivity contribution in [2.45, 2.75) is 65.2 Å². The Morgan fingerprint density at radius 3 is 2.62 bits per heavy atom. The molecule has 29 heavy (non-hydrogen) atoms. The van der Waals surface area contributed by atoms with E-state index in [9.17, 15) is 4.79 Å². The highest BCUT2D eigenvalue weighted by Crippen LogP contribution is 2.39. The Bertz CT molecular complexity index is 701. The predicted octanol–water partition coefficient (Wildman–Crippen LogP) is 3.99. The Hall–Kier alpha value is -1.71. The zero-order chi connectivity index (χ0) is 20.8. The maximum absolute atomic E-state index is 11.7. The number of nitrogens with one attached hydrogen (secondary N) is 3. The van der Waals surface area contributed by atoms with Gasteiger partial charge in [-0.3, -0.25) is 4.99 Å². The van der Waals surface area contributed by atoms with E-state index in [1.807, 2.05) is 45.9 Å². The van der Waals surface area contributed by atoms with Gasteiger partial charge in [0.2, 0.25) is 0 Å². The minimum atomic E-state index is -0.507. The van der Waals surface area contributed by atoms with Crippen LogP contribution in [0.2, 0.25) is 0 Å². The second kappa shape index (κ2) is 10.9. The quantitative estimate of drug-likeness (QED) is 0.238. The van der Waals surface area contributed by atoms with Gasteiger partial charge < -0.3 is 25.4 Å². The van der Waals surface area contributed by atoms with E-state index in [2.05, 4.69) is 40.9 Å². The fraction of sp³-hybridized carbons (Fsp3) is 0.619. The molecule has 1 amide bonds. The predicted molar refractivity (Wildman–Crippen MR) is 127 cm³/mol. The molecule has 164 valence electrons. The van der Waals surface area contributed by atoms with Crippen LogP contribution in [0.3, 0.4) is 0 Å². The fourth-order valence-electron chi connectivity index (χ4n) is 3.06. The normalized spacial score (nSPS) is 17.9. The van der Waals surface area contributed by atoms with E-state index in [0.29, 0.717) is 19.0 Å². The van der Waals surface area contributed by atoms with Crippen molar-refractivity contribution in [2.24, 2.45) is 4.99 Å². The molecule has 0 saturated carbocycles. The first-order valence-corrected chi connectivity index (χ1v) is 9.89. The molecule has 2 rings (SSSR count). The van der Waals surface area contributed by atoms with E-state index in [-0.39, 0.29) is 35.6 Å². The largest absolute Gasteiger partial charge is 0.487 e. The number of para-hydroxylation sites is 1. The third-order valence-electron chi connectivity index (χ3n) is 4.08. The van der Waals surface area contributed by atoms with Gasteiger partial charge in [-0.2, -0.15) is 0 Å². The summed E-state index contributed by atoms with van der Waals surface area (Å²) in [5, 5.41) is 9.50. The molecule has 0 saturated heterocycles. The molecule has 1 aliphatic rings. The Morgan fingerprint density at radius 1 is 1.28 bits per heavy atom. The molecule has 0 bridgehead atoms. The molecule has 1 aromatic rings. The standard InChI is InChI=1S/C21H34N4O3.HI/c1-7-22-18(23-12-13-24-19(26)28-20(2,3)4)25-16-14-21(5,6)27-17-11-9-8-10-15(16)17;/h8-11,16H,7,12-14H2,1-6H3,(H,24,26)(H2,22,23,25);1H. The average molecular weight is 518 g/mol. The van der Waals surface area contributed by atoms with Gasteiger partial charge >= 0.3 is 6.09 Å². The number of hydrogen-bond donors (Lipinski definition) is 3. The molecule has 1 atom stereocenters. The third-order valence-corrected chi connectivity index (χ3v) is 4.08. The maximum Gasteiger partial charge on any atom is 0.407 e. The molecule has 1 heterocycles. The van der Waals surface area contributed by atoms with Crippen LogP contribution in [0.25, 0.3) is 0 Å². The maximum atomic E-state index is 11.7. The number of carbonyl (C=O) groups is 1. The third kappa shape index (κ3) is 8.67. The summed E-state index contributed by atoms with van der Waals surface area (Å²) in [6.07, 6.45) is 0.394. The van der Waals surface area contributed by atoms with Gasteiger partial charge in [0.1, 0.15) is 17.0 Å². The van der Waals surface area contributed by atoms with Crippen molar-refractivity contribution in [1.29, 1.82) is 0 Å². The Labute approximate surface area is 191 Å². The lowest BCUT2D eigenvalue weighted by Crippen LogP contribution is -2.45. The highest BCUT2D eigenvalue weighted by molar-refractivity contribution is 14.0. The lowest BCUT2D eigenvalue weighted by molar-refractivity contribution is 0.0529. The molecular formula is C21H35IN4O3. The first-order chi connectivity index (χ1) is 13.1. The number of guanidine groups is 1. The topological polar surface area (TPSA) is 84.0 Å². The summed E-state index contributed by atoms with van der Waals surface area (Å²) < 4.78 is 11.3. The second-order valence-corrected chi connectivity index (χ2v) is 8.49. The van der Waals surface area contributed by atoms with Gasteiger partial charge in [0.15, 0.2) is 5.96 Å². The van der Waals surface area contributed by atoms with Crippen LogP contribution in [0, 0.1) is 0 Å². The number of halogens is 1. The first-order valence-electron chi connectivity index (χ1n) is 9.89. The summed E-state index contributed by atoms with van der Waals surface area (Å²) in [5.74, 6) is 1.62. The van der Waals surface area contributed by atoms with Crippen LogP contribution in [-0.4, -0.2) is 42.9 Å². The Kier molecular flexibility index (Phi) is 9.51. The highest BCUT2D eigenvalue weighted by Gasteiger charge is 2.33. The number of alkyl carbamates (subject to hydrolysis) is 1. The number of benzene rings is 1. The van der Waals surface area contributed by atoms with E-state index in [1.165, 1.54) is 0 Å². The fourth-order valence-corrected chi connectivity index (χ4v) is 3.06. The van der Waals surface area contributed by atoms with Gasteiger partial charge in [0.25, 0.3) is 0 Å². The molecule has 0 aromatic heterocycles. The molecule has 0 fully saturated rings. The number of ether oxygens (including phenoxy) is 2. The first kappa shape index (κ1) is 25.3. The van der Waals surface area contributed by atoms with Gasteiger partial charge in [-0.25, -0.2) is 4.79 Å². The van der Waals surface area contributed by atoms with E-state index in [4.69, 9.17) is 9.47 Å². The molecule has 1 aromatic carbocycles. The molecule has 7 nitrogen and oxygen atoms in total. The van der Waals surface area contributed by atoms with Crippen LogP contribution in [0.1, 0.15) is 59.6 Å². The smallest absolute Gasteiger partial charge is 0.407 e. The van der Waals surface area contributed by atoms with Crippen molar-refractivity contribution < 1.29 is 14.3 Å². The molecule has 1 aliphatic heterocycles. The monoisotopic (exact) mass is 518 g/mol. The lowest BCUT2D eigenvalue weighted by Gasteiger charge is -2.38. The molecule has 3 N–H and O–H groups in total. The van der Waals surface area contributed by atoms with Crippen molar-refractivity contribution in [2.75, 3.05) is 19.6 Å². The number of carbonyl (C=O) groups excluding carboxylic acids is 1. The number of aliphatic imine (C=N–C) groups is 1. The van der Waals surface area contributed by atoms with Gasteiger partial charge in [0.05, 0.1) is 12.6 Å². The summed E-state index contributed by atoms with van der Waals surface area (Å²) in [4.78, 5) is 16.3. The van der Waals surface area contributed by atoms with Crippen LogP contribution in [0.5, 0.6) is 5.75 Å². The lowest BCUT2D eigenvalue weighted by atomic mass is 9.90. The SMILES string of the molecule is CCNC(=NCCNC(=O)OC(C)(C)C)NC1CC(C)(C)Oc2ccccc21.I. The minimum absolute atomic E-state index is 0. The van der Waals surface area contributed by atoms with Crippen molar-refractivity contribution in [3.05, 3.63) is 29.8 Å². The minimum Gasteiger partial charge on any atom is -0.487 e. The Balaban J connectivity index is 0.00000420. The van der Waals surface area contributed by atoms with Gasteiger partial charge in [-0.05, 0) is 47.6 Å². The molecule has 0 aliphatic carbocycles. The van der Waals surface area contributed by atoms with E-state index in [1.54, 1.807) is 0 Å².